The molecule has 1 aromatic heterocycles. The number of hydrogen-bond acceptors (Lipinski definition) is 2. The first-order chi connectivity index (χ1) is 8.66. The van der Waals surface area contributed by atoms with E-state index in [0.29, 0.717) is 0 Å². The fourth-order valence-electron chi connectivity index (χ4n) is 2.54. The number of fused-ring (bicyclic) bond motifs is 1. The van der Waals surface area contributed by atoms with Crippen molar-refractivity contribution in [2.75, 3.05) is 11.9 Å². The molecular weight excluding hydrogens is 222 g/mol. The lowest BCUT2D eigenvalue weighted by molar-refractivity contribution is 0.627. The lowest BCUT2D eigenvalue weighted by Crippen LogP contribution is -2.16. The zero-order chi connectivity index (χ0) is 12.7. The Bertz CT molecular complexity index is 573. The van der Waals surface area contributed by atoms with E-state index in [2.05, 4.69) is 49.0 Å². The molecule has 2 heterocycles. The van der Waals surface area contributed by atoms with E-state index in [9.17, 15) is 0 Å². The Morgan fingerprint density at radius 2 is 2.00 bits per heavy atom. The molecule has 2 aromatic rings. The van der Waals surface area contributed by atoms with Crippen molar-refractivity contribution in [1.29, 1.82) is 0 Å². The molecule has 3 rings (SSSR count). The smallest absolute Gasteiger partial charge is 0.203 e. The van der Waals surface area contributed by atoms with E-state index < -0.39 is 0 Å². The Labute approximate surface area is 108 Å². The summed E-state index contributed by atoms with van der Waals surface area (Å²) < 4.78 is 2.22. The van der Waals surface area contributed by atoms with Gasteiger partial charge >= 0.3 is 0 Å². The molecule has 0 spiro atoms. The summed E-state index contributed by atoms with van der Waals surface area (Å²) >= 11 is 0. The number of imidazole rings is 1. The van der Waals surface area contributed by atoms with Crippen molar-refractivity contribution in [2.24, 2.45) is 0 Å². The molecule has 0 atom stereocenters. The second kappa shape index (κ2) is 4.16. The number of aromatic nitrogens is 2. The Morgan fingerprint density at radius 3 is 2.78 bits per heavy atom. The zero-order valence-electron chi connectivity index (χ0n) is 11.2. The normalized spacial score (nSPS) is 14.2. The zero-order valence-corrected chi connectivity index (χ0v) is 11.2. The molecule has 1 aliphatic rings. The average Bonchev–Trinajstić information content (AvgIpc) is 2.79. The van der Waals surface area contributed by atoms with Crippen LogP contribution in [-0.2, 0) is 6.54 Å². The van der Waals surface area contributed by atoms with Crippen LogP contribution in [0.1, 0.15) is 23.1 Å². The predicted molar refractivity (Wildman–Crippen MR) is 75.0 cm³/mol. The highest BCUT2D eigenvalue weighted by atomic mass is 15.2. The number of anilines is 1. The van der Waals surface area contributed by atoms with Crippen LogP contribution < -0.4 is 5.32 Å². The molecule has 1 aromatic carbocycles. The predicted octanol–water partition coefficient (Wildman–Crippen LogP) is 3.29. The van der Waals surface area contributed by atoms with E-state index in [1.165, 1.54) is 28.7 Å². The first kappa shape index (κ1) is 11.3. The van der Waals surface area contributed by atoms with Crippen LogP contribution in [-0.4, -0.2) is 16.1 Å². The largest absolute Gasteiger partial charge is 0.356 e. The molecule has 0 radical (unpaired) electrons. The van der Waals surface area contributed by atoms with Gasteiger partial charge in [-0.3, -0.25) is 0 Å². The molecule has 0 unspecified atom stereocenters. The lowest BCUT2D eigenvalue weighted by atomic mass is 9.97. The van der Waals surface area contributed by atoms with Gasteiger partial charge in [0.15, 0.2) is 0 Å². The van der Waals surface area contributed by atoms with Crippen LogP contribution in [0.25, 0.3) is 11.3 Å². The maximum absolute atomic E-state index is 4.70. The molecule has 0 bridgehead atoms. The molecule has 0 aliphatic carbocycles. The van der Waals surface area contributed by atoms with Gasteiger partial charge in [0.1, 0.15) is 0 Å². The molecule has 3 heteroatoms. The SMILES string of the molecule is Cc1ccc(-c2cn3c(n2)NCCC3)c(C)c1C. The Balaban J connectivity index is 2.10. The van der Waals surface area contributed by atoms with Gasteiger partial charge in [0.2, 0.25) is 5.95 Å². The minimum Gasteiger partial charge on any atom is -0.356 e. The quantitative estimate of drug-likeness (QED) is 0.830. The molecule has 1 N–H and O–H groups in total. The number of nitrogens with zero attached hydrogens (tertiary/aromatic N) is 2. The highest BCUT2D eigenvalue weighted by molar-refractivity contribution is 5.67. The van der Waals surface area contributed by atoms with Crippen LogP contribution in [0, 0.1) is 20.8 Å². The fourth-order valence-corrected chi connectivity index (χ4v) is 2.54. The lowest BCUT2D eigenvalue weighted by Gasteiger charge is -2.14. The molecule has 0 fully saturated rings. The van der Waals surface area contributed by atoms with Crippen LogP contribution in [0.3, 0.4) is 0 Å². The summed E-state index contributed by atoms with van der Waals surface area (Å²) in [6.45, 7) is 8.62. The Hall–Kier alpha value is -1.77. The van der Waals surface area contributed by atoms with Gasteiger partial charge in [-0.05, 0) is 43.9 Å². The van der Waals surface area contributed by atoms with E-state index in [1.807, 2.05) is 0 Å². The van der Waals surface area contributed by atoms with Crippen LogP contribution >= 0.6 is 0 Å². The highest BCUT2D eigenvalue weighted by Crippen LogP contribution is 2.28. The van der Waals surface area contributed by atoms with Crippen molar-refractivity contribution in [3.63, 3.8) is 0 Å². The molecule has 0 saturated carbocycles. The van der Waals surface area contributed by atoms with Crippen LogP contribution in [0.4, 0.5) is 5.95 Å². The standard InChI is InChI=1S/C15H19N3/c1-10-5-6-13(12(3)11(10)2)14-9-18-8-4-7-16-15(18)17-14/h5-6,9H,4,7-8H2,1-3H3,(H,16,17). The second-order valence-corrected chi connectivity index (χ2v) is 5.10. The van der Waals surface area contributed by atoms with Gasteiger partial charge in [-0.2, -0.15) is 0 Å². The monoisotopic (exact) mass is 241 g/mol. The minimum atomic E-state index is 1.01. The summed E-state index contributed by atoms with van der Waals surface area (Å²) in [4.78, 5) is 4.70. The molecule has 0 saturated heterocycles. The van der Waals surface area contributed by atoms with Crippen molar-refractivity contribution in [1.82, 2.24) is 9.55 Å². The second-order valence-electron chi connectivity index (χ2n) is 5.10. The fraction of sp³-hybridized carbons (Fsp3) is 0.400. The van der Waals surface area contributed by atoms with E-state index in [0.717, 1.165) is 24.7 Å². The van der Waals surface area contributed by atoms with Gasteiger partial charge in [-0.15, -0.1) is 0 Å². The summed E-state index contributed by atoms with van der Waals surface area (Å²) in [7, 11) is 0. The maximum atomic E-state index is 4.70. The van der Waals surface area contributed by atoms with Crippen LogP contribution in [0.2, 0.25) is 0 Å². The van der Waals surface area contributed by atoms with Crippen molar-refractivity contribution < 1.29 is 0 Å². The molecule has 0 amide bonds. The Kier molecular flexibility index (Phi) is 2.62. The maximum Gasteiger partial charge on any atom is 0.203 e. The average molecular weight is 241 g/mol. The van der Waals surface area contributed by atoms with Crippen LogP contribution in [0.15, 0.2) is 18.3 Å². The van der Waals surface area contributed by atoms with Crippen molar-refractivity contribution in [2.45, 2.75) is 33.7 Å². The summed E-state index contributed by atoms with van der Waals surface area (Å²) in [5.74, 6) is 1.01. The topological polar surface area (TPSA) is 29.9 Å². The van der Waals surface area contributed by atoms with Crippen molar-refractivity contribution in [3.05, 3.63) is 35.0 Å². The van der Waals surface area contributed by atoms with Gasteiger partial charge in [-0.25, -0.2) is 4.98 Å². The molecule has 94 valence electrons. The molecular formula is C15H19N3. The number of aryl methyl sites for hydroxylation is 2. The number of rotatable bonds is 1. The van der Waals surface area contributed by atoms with Crippen LogP contribution in [0.5, 0.6) is 0 Å². The number of benzene rings is 1. The number of nitrogens with one attached hydrogen (secondary N) is 1. The molecule has 1 aliphatic heterocycles. The third kappa shape index (κ3) is 1.70. The molecule has 3 nitrogen and oxygen atoms in total. The first-order valence-electron chi connectivity index (χ1n) is 6.55. The van der Waals surface area contributed by atoms with E-state index in [1.54, 1.807) is 0 Å². The molecule has 18 heavy (non-hydrogen) atoms. The van der Waals surface area contributed by atoms with Gasteiger partial charge < -0.3 is 9.88 Å². The van der Waals surface area contributed by atoms with E-state index in [-0.39, 0.29) is 0 Å². The first-order valence-corrected chi connectivity index (χ1v) is 6.55. The minimum absolute atomic E-state index is 1.01. The summed E-state index contributed by atoms with van der Waals surface area (Å²) in [5.41, 5.74) is 6.39. The number of hydrogen-bond donors (Lipinski definition) is 1. The highest BCUT2D eigenvalue weighted by Gasteiger charge is 2.14. The third-order valence-corrected chi connectivity index (χ3v) is 3.97. The summed E-state index contributed by atoms with van der Waals surface area (Å²) in [6, 6.07) is 4.37. The van der Waals surface area contributed by atoms with Gasteiger partial charge in [0, 0.05) is 24.8 Å². The van der Waals surface area contributed by atoms with Crippen molar-refractivity contribution in [3.8, 4) is 11.3 Å². The van der Waals surface area contributed by atoms with Gasteiger partial charge in [0.25, 0.3) is 0 Å². The van der Waals surface area contributed by atoms with Gasteiger partial charge in [0.05, 0.1) is 5.69 Å². The van der Waals surface area contributed by atoms with E-state index in [4.69, 9.17) is 4.98 Å². The summed E-state index contributed by atoms with van der Waals surface area (Å²) in [6.07, 6.45) is 3.34. The van der Waals surface area contributed by atoms with Crippen molar-refractivity contribution >= 4 is 5.95 Å². The third-order valence-electron chi connectivity index (χ3n) is 3.97. The van der Waals surface area contributed by atoms with Gasteiger partial charge in [-0.1, -0.05) is 12.1 Å². The van der Waals surface area contributed by atoms with E-state index >= 15 is 0 Å². The summed E-state index contributed by atoms with van der Waals surface area (Å²) in [5, 5.41) is 3.35. The Morgan fingerprint density at radius 1 is 1.17 bits per heavy atom.